The van der Waals surface area contributed by atoms with Crippen molar-refractivity contribution in [2.45, 2.75) is 6.92 Å². The topological polar surface area (TPSA) is 49.3 Å². The van der Waals surface area contributed by atoms with Gasteiger partial charge in [0.1, 0.15) is 16.8 Å². The quantitative estimate of drug-likeness (QED) is 0.679. The van der Waals surface area contributed by atoms with E-state index < -0.39 is 0 Å². The molecule has 0 aromatic carbocycles. The molecule has 1 amide bonds. The highest BCUT2D eigenvalue weighted by molar-refractivity contribution is 6.29. The molecule has 16 heavy (non-hydrogen) atoms. The Labute approximate surface area is 99.0 Å². The van der Waals surface area contributed by atoms with Crippen LogP contribution < -0.4 is 4.90 Å². The first-order valence-corrected chi connectivity index (χ1v) is 5.44. The Bertz CT molecular complexity index is 403. The number of halogens is 1. The van der Waals surface area contributed by atoms with E-state index in [1.165, 1.54) is 0 Å². The predicted octanol–water partition coefficient (Wildman–Crippen LogP) is 0.717. The van der Waals surface area contributed by atoms with Gasteiger partial charge in [-0.1, -0.05) is 11.6 Å². The number of nitrogens with zero attached hydrogens (tertiary/aromatic N) is 4. The summed E-state index contributed by atoms with van der Waals surface area (Å²) in [4.78, 5) is 23.5. The largest absolute Gasteiger partial charge is 0.345 e. The van der Waals surface area contributed by atoms with Gasteiger partial charge in [0.05, 0.1) is 6.54 Å². The van der Waals surface area contributed by atoms with Crippen LogP contribution in [-0.4, -0.2) is 47.5 Å². The first kappa shape index (κ1) is 11.1. The number of carbonyl (C=O) groups excluding carboxylic acids is 1. The number of hydrogen-bond donors (Lipinski definition) is 0. The van der Waals surface area contributed by atoms with Gasteiger partial charge < -0.3 is 9.80 Å². The molecule has 6 heteroatoms. The molecule has 0 atom stereocenters. The summed E-state index contributed by atoms with van der Waals surface area (Å²) in [5.74, 6) is 1.44. The number of hydrogen-bond acceptors (Lipinski definition) is 4. The molecule has 1 aliphatic rings. The van der Waals surface area contributed by atoms with Crippen LogP contribution >= 0.6 is 11.6 Å². The van der Waals surface area contributed by atoms with Crippen molar-refractivity contribution >= 4 is 23.3 Å². The van der Waals surface area contributed by atoms with Gasteiger partial charge in [-0.15, -0.1) is 0 Å². The Hall–Kier alpha value is -1.36. The molecule has 0 aliphatic carbocycles. The van der Waals surface area contributed by atoms with Crippen molar-refractivity contribution in [3.63, 3.8) is 0 Å². The van der Waals surface area contributed by atoms with Crippen molar-refractivity contribution in [2.75, 3.05) is 31.6 Å². The number of anilines is 1. The number of rotatable bonds is 1. The van der Waals surface area contributed by atoms with Crippen LogP contribution in [0.5, 0.6) is 0 Å². The Morgan fingerprint density at radius 3 is 2.75 bits per heavy atom. The van der Waals surface area contributed by atoms with E-state index in [0.29, 0.717) is 24.1 Å². The average molecular weight is 241 g/mol. The lowest BCUT2D eigenvalue weighted by molar-refractivity contribution is -0.129. The smallest absolute Gasteiger partial charge is 0.241 e. The molecule has 2 heterocycles. The van der Waals surface area contributed by atoms with Crippen LogP contribution in [0.3, 0.4) is 0 Å². The van der Waals surface area contributed by atoms with Crippen molar-refractivity contribution in [2.24, 2.45) is 0 Å². The van der Waals surface area contributed by atoms with Crippen molar-refractivity contribution in [1.82, 2.24) is 14.9 Å². The minimum atomic E-state index is 0.0960. The van der Waals surface area contributed by atoms with Crippen LogP contribution in [-0.2, 0) is 4.79 Å². The van der Waals surface area contributed by atoms with E-state index in [2.05, 4.69) is 9.97 Å². The summed E-state index contributed by atoms with van der Waals surface area (Å²) in [6.45, 7) is 3.62. The maximum atomic E-state index is 11.6. The second kappa shape index (κ2) is 4.25. The van der Waals surface area contributed by atoms with Crippen LogP contribution in [0.2, 0.25) is 5.15 Å². The molecule has 86 valence electrons. The summed E-state index contributed by atoms with van der Waals surface area (Å²) in [6.07, 6.45) is 0. The van der Waals surface area contributed by atoms with E-state index in [1.807, 2.05) is 4.90 Å². The summed E-state index contributed by atoms with van der Waals surface area (Å²) >= 11 is 5.86. The van der Waals surface area contributed by atoms with Crippen molar-refractivity contribution < 1.29 is 4.79 Å². The molecule has 0 radical (unpaired) electrons. The fourth-order valence-corrected chi connectivity index (χ4v) is 1.85. The third-order valence-corrected chi connectivity index (χ3v) is 2.77. The van der Waals surface area contributed by atoms with E-state index >= 15 is 0 Å². The van der Waals surface area contributed by atoms with Crippen molar-refractivity contribution in [1.29, 1.82) is 0 Å². The first-order chi connectivity index (χ1) is 7.56. The Morgan fingerprint density at radius 1 is 1.38 bits per heavy atom. The van der Waals surface area contributed by atoms with Crippen molar-refractivity contribution in [3.8, 4) is 0 Å². The summed E-state index contributed by atoms with van der Waals surface area (Å²) in [5.41, 5.74) is 0. The number of amides is 1. The molecular formula is C10H13ClN4O. The van der Waals surface area contributed by atoms with Crippen molar-refractivity contribution in [3.05, 3.63) is 17.0 Å². The van der Waals surface area contributed by atoms with Crippen LogP contribution in [0.4, 0.5) is 5.82 Å². The van der Waals surface area contributed by atoms with Gasteiger partial charge in [-0.2, -0.15) is 0 Å². The monoisotopic (exact) mass is 240 g/mol. The third-order valence-electron chi connectivity index (χ3n) is 2.57. The second-order valence-electron chi connectivity index (χ2n) is 3.83. The van der Waals surface area contributed by atoms with Gasteiger partial charge in [-0.25, -0.2) is 9.97 Å². The fourth-order valence-electron chi connectivity index (χ4n) is 1.63. The Morgan fingerprint density at radius 2 is 2.12 bits per heavy atom. The van der Waals surface area contributed by atoms with Gasteiger partial charge in [-0.05, 0) is 6.92 Å². The number of aromatic nitrogens is 2. The van der Waals surface area contributed by atoms with Gasteiger partial charge in [0.25, 0.3) is 0 Å². The highest BCUT2D eigenvalue weighted by atomic mass is 35.5. The van der Waals surface area contributed by atoms with Crippen LogP contribution in [0.25, 0.3) is 0 Å². The molecule has 0 N–H and O–H groups in total. The number of likely N-dealkylation sites (N-methyl/N-ethyl adjacent to an activating group) is 1. The number of piperazine rings is 1. The summed E-state index contributed by atoms with van der Waals surface area (Å²) in [7, 11) is 1.80. The molecule has 0 saturated carbocycles. The van der Waals surface area contributed by atoms with Gasteiger partial charge in [-0.3, -0.25) is 4.79 Å². The van der Waals surface area contributed by atoms with E-state index in [4.69, 9.17) is 11.6 Å². The molecule has 1 fully saturated rings. The number of carbonyl (C=O) groups is 1. The highest BCUT2D eigenvalue weighted by Crippen LogP contribution is 2.17. The van der Waals surface area contributed by atoms with Crippen LogP contribution in [0, 0.1) is 6.92 Å². The summed E-state index contributed by atoms with van der Waals surface area (Å²) in [5, 5.41) is 0.411. The molecule has 0 bridgehead atoms. The molecule has 5 nitrogen and oxygen atoms in total. The van der Waals surface area contributed by atoms with Crippen LogP contribution in [0.1, 0.15) is 5.82 Å². The standard InChI is InChI=1S/C10H13ClN4O/c1-7-12-8(11)5-9(13-7)15-4-3-14(2)10(16)6-15/h5H,3-4,6H2,1-2H3. The van der Waals surface area contributed by atoms with E-state index in [-0.39, 0.29) is 5.91 Å². The normalized spacial score (nSPS) is 16.8. The second-order valence-corrected chi connectivity index (χ2v) is 4.22. The SMILES string of the molecule is Cc1nc(Cl)cc(N2CCN(C)C(=O)C2)n1. The molecule has 2 rings (SSSR count). The zero-order chi connectivity index (χ0) is 11.7. The molecule has 1 aromatic heterocycles. The van der Waals surface area contributed by atoms with Gasteiger partial charge in [0.2, 0.25) is 5.91 Å². The fraction of sp³-hybridized carbons (Fsp3) is 0.500. The van der Waals surface area contributed by atoms with E-state index in [0.717, 1.165) is 12.4 Å². The zero-order valence-corrected chi connectivity index (χ0v) is 10.0. The van der Waals surface area contributed by atoms with E-state index in [1.54, 1.807) is 24.9 Å². The minimum absolute atomic E-state index is 0.0960. The maximum Gasteiger partial charge on any atom is 0.241 e. The van der Waals surface area contributed by atoms with Gasteiger partial charge in [0.15, 0.2) is 0 Å². The summed E-state index contributed by atoms with van der Waals surface area (Å²) < 4.78 is 0. The Balaban J connectivity index is 2.21. The lowest BCUT2D eigenvalue weighted by Gasteiger charge is -2.32. The molecule has 1 aromatic rings. The Kier molecular flexibility index (Phi) is 2.96. The van der Waals surface area contributed by atoms with Gasteiger partial charge >= 0.3 is 0 Å². The van der Waals surface area contributed by atoms with E-state index in [9.17, 15) is 4.79 Å². The molecule has 1 aliphatic heterocycles. The lowest BCUT2D eigenvalue weighted by atomic mass is 10.3. The predicted molar refractivity (Wildman–Crippen MR) is 61.6 cm³/mol. The molecular weight excluding hydrogens is 228 g/mol. The molecule has 0 unspecified atom stereocenters. The van der Waals surface area contributed by atoms with Gasteiger partial charge in [0, 0.05) is 26.2 Å². The lowest BCUT2D eigenvalue weighted by Crippen LogP contribution is -2.48. The first-order valence-electron chi connectivity index (χ1n) is 5.06. The number of aryl methyl sites for hydroxylation is 1. The average Bonchev–Trinajstić information content (AvgIpc) is 2.20. The highest BCUT2D eigenvalue weighted by Gasteiger charge is 2.22. The molecule has 0 spiro atoms. The molecule has 1 saturated heterocycles. The zero-order valence-electron chi connectivity index (χ0n) is 9.27. The van der Waals surface area contributed by atoms with Crippen LogP contribution in [0.15, 0.2) is 6.07 Å². The summed E-state index contributed by atoms with van der Waals surface area (Å²) in [6, 6.07) is 1.69. The third kappa shape index (κ3) is 2.24. The maximum absolute atomic E-state index is 11.6. The minimum Gasteiger partial charge on any atom is -0.345 e.